The molecule has 0 saturated carbocycles. The summed E-state index contributed by atoms with van der Waals surface area (Å²) in [5, 5.41) is 0. The highest BCUT2D eigenvalue weighted by molar-refractivity contribution is 5.94. The number of fused-ring (bicyclic) bond motifs is 1. The fourth-order valence-corrected chi connectivity index (χ4v) is 3.38. The van der Waals surface area contributed by atoms with Crippen LogP contribution in [0.4, 0.5) is 17.6 Å². The molecule has 5 nitrogen and oxygen atoms in total. The second-order valence-corrected chi connectivity index (χ2v) is 6.87. The van der Waals surface area contributed by atoms with Crippen molar-refractivity contribution in [3.63, 3.8) is 0 Å². The Bertz CT molecular complexity index is 1190. The van der Waals surface area contributed by atoms with Crippen LogP contribution in [-0.2, 0) is 19.1 Å². The molecular weight excluding hydrogens is 402 g/mol. The zero-order valence-electron chi connectivity index (χ0n) is 15.5. The largest absolute Gasteiger partial charge is 0.416 e. The van der Waals surface area contributed by atoms with Gasteiger partial charge in [-0.1, -0.05) is 24.3 Å². The number of nitrogens with zero attached hydrogens (tertiary/aromatic N) is 2. The number of hydrogen-bond acceptors (Lipinski definition) is 3. The number of carbonyl (C=O) groups is 1. The number of halogens is 4. The van der Waals surface area contributed by atoms with Crippen LogP contribution in [0.3, 0.4) is 0 Å². The van der Waals surface area contributed by atoms with E-state index in [0.29, 0.717) is 5.69 Å². The van der Waals surface area contributed by atoms with Crippen LogP contribution in [0.2, 0.25) is 0 Å². The molecule has 2 heterocycles. The topological polar surface area (TPSA) is 66.1 Å². The Morgan fingerprint density at radius 2 is 1.87 bits per heavy atom. The van der Waals surface area contributed by atoms with E-state index in [-0.39, 0.29) is 42.0 Å². The molecule has 1 aliphatic rings. The number of nitrogens with one attached hydrogen (secondary N) is 1. The first kappa shape index (κ1) is 19.8. The van der Waals surface area contributed by atoms with Crippen molar-refractivity contribution in [2.75, 3.05) is 6.54 Å². The summed E-state index contributed by atoms with van der Waals surface area (Å²) < 4.78 is 52.8. The maximum absolute atomic E-state index is 13.9. The minimum Gasteiger partial charge on any atom is -0.334 e. The molecule has 1 amide bonds. The molecule has 0 atom stereocenters. The summed E-state index contributed by atoms with van der Waals surface area (Å²) in [7, 11) is 0. The second kappa shape index (κ2) is 7.40. The molecular formula is C21H15F4N3O2. The first-order valence-electron chi connectivity index (χ1n) is 9.07. The number of alkyl halides is 3. The normalized spacial score (nSPS) is 13.8. The van der Waals surface area contributed by atoms with Crippen molar-refractivity contribution >= 4 is 5.91 Å². The molecule has 2 aromatic carbocycles. The van der Waals surface area contributed by atoms with E-state index < -0.39 is 29.0 Å². The fourth-order valence-electron chi connectivity index (χ4n) is 3.38. The predicted octanol–water partition coefficient (Wildman–Crippen LogP) is 3.79. The third-order valence-corrected chi connectivity index (χ3v) is 4.92. The molecule has 1 aromatic heterocycles. The lowest BCUT2D eigenvalue weighted by atomic mass is 10.0. The minimum absolute atomic E-state index is 0.0266. The van der Waals surface area contributed by atoms with Gasteiger partial charge < -0.3 is 9.88 Å². The van der Waals surface area contributed by atoms with Crippen LogP contribution in [-0.4, -0.2) is 27.3 Å². The van der Waals surface area contributed by atoms with Crippen molar-refractivity contribution in [1.29, 1.82) is 0 Å². The SMILES string of the molecule is O=C(c1ccccc1F)N1CCc2nc(-c3cccc(C(F)(F)F)c3)[nH]c(=O)c2C1. The maximum Gasteiger partial charge on any atom is 0.416 e. The van der Waals surface area contributed by atoms with E-state index in [1.54, 1.807) is 6.07 Å². The minimum atomic E-state index is -4.52. The van der Waals surface area contributed by atoms with Crippen LogP contribution in [0.5, 0.6) is 0 Å². The molecule has 3 aromatic rings. The van der Waals surface area contributed by atoms with Crippen molar-refractivity contribution in [1.82, 2.24) is 14.9 Å². The lowest BCUT2D eigenvalue weighted by molar-refractivity contribution is -0.137. The molecule has 0 fully saturated rings. The zero-order valence-corrected chi connectivity index (χ0v) is 15.5. The second-order valence-electron chi connectivity index (χ2n) is 6.87. The van der Waals surface area contributed by atoms with E-state index >= 15 is 0 Å². The summed E-state index contributed by atoms with van der Waals surface area (Å²) in [6.07, 6.45) is -4.29. The molecule has 0 bridgehead atoms. The van der Waals surface area contributed by atoms with E-state index in [2.05, 4.69) is 9.97 Å². The number of H-pyrrole nitrogens is 1. The van der Waals surface area contributed by atoms with E-state index in [9.17, 15) is 27.2 Å². The van der Waals surface area contributed by atoms with E-state index in [1.807, 2.05) is 0 Å². The van der Waals surface area contributed by atoms with Gasteiger partial charge in [0.2, 0.25) is 0 Å². The summed E-state index contributed by atoms with van der Waals surface area (Å²) in [6, 6.07) is 10.1. The zero-order chi connectivity index (χ0) is 21.5. The lowest BCUT2D eigenvalue weighted by Gasteiger charge is -2.28. The average Bonchev–Trinajstić information content (AvgIpc) is 2.73. The first-order valence-corrected chi connectivity index (χ1v) is 9.07. The molecule has 1 aliphatic heterocycles. The average molecular weight is 417 g/mol. The van der Waals surface area contributed by atoms with Gasteiger partial charge in [0.15, 0.2) is 0 Å². The van der Waals surface area contributed by atoms with Gasteiger partial charge >= 0.3 is 6.18 Å². The molecule has 0 spiro atoms. The van der Waals surface area contributed by atoms with Gasteiger partial charge in [0, 0.05) is 18.5 Å². The Morgan fingerprint density at radius 1 is 1.10 bits per heavy atom. The molecule has 1 N–H and O–H groups in total. The highest BCUT2D eigenvalue weighted by atomic mass is 19.4. The smallest absolute Gasteiger partial charge is 0.334 e. The molecule has 0 saturated heterocycles. The summed E-state index contributed by atoms with van der Waals surface area (Å²) in [6.45, 7) is 0.145. The molecule has 9 heteroatoms. The molecule has 154 valence electrons. The van der Waals surface area contributed by atoms with E-state index in [0.717, 1.165) is 12.1 Å². The van der Waals surface area contributed by atoms with Crippen LogP contribution < -0.4 is 5.56 Å². The predicted molar refractivity (Wildman–Crippen MR) is 100 cm³/mol. The Labute approximate surface area is 168 Å². The van der Waals surface area contributed by atoms with E-state index in [4.69, 9.17) is 0 Å². The lowest BCUT2D eigenvalue weighted by Crippen LogP contribution is -2.40. The summed E-state index contributed by atoms with van der Waals surface area (Å²) in [4.78, 5) is 33.4. The first-order chi connectivity index (χ1) is 14.2. The van der Waals surface area contributed by atoms with Crippen molar-refractivity contribution in [2.24, 2.45) is 0 Å². The molecule has 0 unspecified atom stereocenters. The van der Waals surface area contributed by atoms with Gasteiger partial charge in [0.25, 0.3) is 11.5 Å². The number of benzene rings is 2. The number of rotatable bonds is 2. The summed E-state index contributed by atoms with van der Waals surface area (Å²) in [5.41, 5.74) is -0.702. The Balaban J connectivity index is 1.65. The van der Waals surface area contributed by atoms with Gasteiger partial charge in [-0.2, -0.15) is 13.2 Å². The summed E-state index contributed by atoms with van der Waals surface area (Å²) in [5.74, 6) is -1.17. The highest BCUT2D eigenvalue weighted by Gasteiger charge is 2.31. The number of carbonyl (C=O) groups excluding carboxylic acids is 1. The van der Waals surface area contributed by atoms with Crippen LogP contribution in [0.25, 0.3) is 11.4 Å². The van der Waals surface area contributed by atoms with Crippen LogP contribution in [0.1, 0.15) is 27.2 Å². The summed E-state index contributed by atoms with van der Waals surface area (Å²) >= 11 is 0. The Kier molecular flexibility index (Phi) is 4.89. The number of amides is 1. The molecule has 4 rings (SSSR count). The van der Waals surface area contributed by atoms with Crippen LogP contribution >= 0.6 is 0 Å². The van der Waals surface area contributed by atoms with Crippen LogP contribution in [0.15, 0.2) is 53.3 Å². The molecule has 0 radical (unpaired) electrons. The third kappa shape index (κ3) is 3.70. The van der Waals surface area contributed by atoms with E-state index in [1.165, 1.54) is 35.2 Å². The van der Waals surface area contributed by atoms with Crippen molar-refractivity contribution < 1.29 is 22.4 Å². The van der Waals surface area contributed by atoms with Gasteiger partial charge in [-0.05, 0) is 24.3 Å². The highest BCUT2D eigenvalue weighted by Crippen LogP contribution is 2.31. The van der Waals surface area contributed by atoms with Gasteiger partial charge in [0.05, 0.1) is 28.9 Å². The number of aromatic amines is 1. The van der Waals surface area contributed by atoms with Gasteiger partial charge in [-0.3, -0.25) is 9.59 Å². The number of aromatic nitrogens is 2. The van der Waals surface area contributed by atoms with Crippen molar-refractivity contribution in [2.45, 2.75) is 19.1 Å². The molecule has 0 aliphatic carbocycles. The van der Waals surface area contributed by atoms with Crippen LogP contribution in [0, 0.1) is 5.82 Å². The van der Waals surface area contributed by atoms with Gasteiger partial charge in [-0.25, -0.2) is 9.37 Å². The van der Waals surface area contributed by atoms with Crippen molar-refractivity contribution in [3.05, 3.63) is 87.1 Å². The monoisotopic (exact) mass is 417 g/mol. The quantitative estimate of drug-likeness (QED) is 0.646. The number of hydrogen-bond donors (Lipinski definition) is 1. The third-order valence-electron chi connectivity index (χ3n) is 4.92. The van der Waals surface area contributed by atoms with Crippen molar-refractivity contribution in [3.8, 4) is 11.4 Å². The standard InChI is InChI=1S/C21H15F4N3O2/c22-16-7-2-1-6-14(16)20(30)28-9-8-17-15(11-28)19(29)27-18(26-17)12-4-3-5-13(10-12)21(23,24)25/h1-7,10H,8-9,11H2,(H,26,27,29). The van der Waals surface area contributed by atoms with Gasteiger partial charge in [0.1, 0.15) is 11.6 Å². The van der Waals surface area contributed by atoms with Gasteiger partial charge in [-0.15, -0.1) is 0 Å². The maximum atomic E-state index is 13.9. The molecule has 30 heavy (non-hydrogen) atoms. The Morgan fingerprint density at radius 3 is 2.60 bits per heavy atom. The fraction of sp³-hybridized carbons (Fsp3) is 0.190. The Hall–Kier alpha value is -3.49.